The first-order valence-electron chi connectivity index (χ1n) is 7.27. The number of hydrogen-bond donors (Lipinski definition) is 1. The van der Waals surface area contributed by atoms with E-state index in [4.69, 9.17) is 5.73 Å². The summed E-state index contributed by atoms with van der Waals surface area (Å²) in [5.41, 5.74) is 5.71. The van der Waals surface area contributed by atoms with E-state index in [1.54, 1.807) is 11.0 Å². The van der Waals surface area contributed by atoms with Crippen molar-refractivity contribution in [3.8, 4) is 0 Å². The lowest BCUT2D eigenvalue weighted by molar-refractivity contribution is -0.383. The van der Waals surface area contributed by atoms with Gasteiger partial charge in [0.2, 0.25) is 0 Å². The lowest BCUT2D eigenvalue weighted by Gasteiger charge is -2.25. The number of benzene rings is 1. The fourth-order valence-corrected chi connectivity index (χ4v) is 2.23. The van der Waals surface area contributed by atoms with Gasteiger partial charge in [-0.25, -0.2) is 0 Å². The molecule has 1 aromatic rings. The van der Waals surface area contributed by atoms with Crippen molar-refractivity contribution in [3.05, 3.63) is 33.9 Å². The van der Waals surface area contributed by atoms with Crippen LogP contribution in [0.5, 0.6) is 0 Å². The average Bonchev–Trinajstić information content (AvgIpc) is 2.48. The van der Waals surface area contributed by atoms with Gasteiger partial charge in [-0.05, 0) is 25.0 Å². The van der Waals surface area contributed by atoms with Gasteiger partial charge < -0.3 is 10.6 Å². The summed E-state index contributed by atoms with van der Waals surface area (Å²) in [5, 5.41) is 10.9. The molecule has 0 radical (unpaired) electrons. The molecule has 0 aliphatic heterocycles. The molecule has 0 aliphatic carbocycles. The highest BCUT2D eigenvalue weighted by Crippen LogP contribution is 2.23. The van der Waals surface area contributed by atoms with Gasteiger partial charge in [-0.3, -0.25) is 14.9 Å². The van der Waals surface area contributed by atoms with E-state index in [9.17, 15) is 14.9 Å². The molecule has 6 nitrogen and oxygen atoms in total. The molecule has 0 fully saturated rings. The Morgan fingerprint density at radius 1 is 1.33 bits per heavy atom. The summed E-state index contributed by atoms with van der Waals surface area (Å²) >= 11 is 0. The van der Waals surface area contributed by atoms with Gasteiger partial charge in [0.15, 0.2) is 0 Å². The number of nitrogens with two attached hydrogens (primary N) is 1. The van der Waals surface area contributed by atoms with Crippen molar-refractivity contribution in [1.82, 2.24) is 4.90 Å². The van der Waals surface area contributed by atoms with Gasteiger partial charge >= 0.3 is 0 Å². The topological polar surface area (TPSA) is 89.5 Å². The summed E-state index contributed by atoms with van der Waals surface area (Å²) < 4.78 is 0. The minimum Gasteiger partial charge on any atom is -0.393 e. The van der Waals surface area contributed by atoms with Crippen LogP contribution in [0, 0.1) is 16.0 Å². The van der Waals surface area contributed by atoms with Gasteiger partial charge in [-0.2, -0.15) is 0 Å². The van der Waals surface area contributed by atoms with E-state index in [1.807, 2.05) is 6.92 Å². The monoisotopic (exact) mass is 293 g/mol. The van der Waals surface area contributed by atoms with Gasteiger partial charge in [0.1, 0.15) is 5.69 Å². The van der Waals surface area contributed by atoms with E-state index >= 15 is 0 Å². The van der Waals surface area contributed by atoms with Crippen LogP contribution < -0.4 is 5.73 Å². The van der Waals surface area contributed by atoms with Crippen molar-refractivity contribution in [3.63, 3.8) is 0 Å². The van der Waals surface area contributed by atoms with Crippen molar-refractivity contribution < 1.29 is 9.72 Å². The summed E-state index contributed by atoms with van der Waals surface area (Å²) in [4.78, 5) is 24.6. The van der Waals surface area contributed by atoms with Crippen LogP contribution in [0.4, 0.5) is 11.4 Å². The lowest BCUT2D eigenvalue weighted by atomic mass is 10.0. The number of anilines is 1. The fourth-order valence-electron chi connectivity index (χ4n) is 2.23. The first kappa shape index (κ1) is 16.9. The largest absolute Gasteiger partial charge is 0.393 e. The Bertz CT molecular complexity index is 513. The predicted octanol–water partition coefficient (Wildman–Crippen LogP) is 3.08. The highest BCUT2D eigenvalue weighted by Gasteiger charge is 2.21. The SMILES string of the molecule is CCC(CC)CN(CC)C(=O)c1ccc(N)c([N+](=O)[O-])c1. The second-order valence-corrected chi connectivity index (χ2v) is 5.06. The van der Waals surface area contributed by atoms with Crippen molar-refractivity contribution in [2.75, 3.05) is 18.8 Å². The number of hydrogen-bond acceptors (Lipinski definition) is 4. The number of nitro groups is 1. The lowest BCUT2D eigenvalue weighted by Crippen LogP contribution is -2.35. The second kappa shape index (κ2) is 7.61. The van der Waals surface area contributed by atoms with Crippen LogP contribution >= 0.6 is 0 Å². The molecule has 0 heterocycles. The van der Waals surface area contributed by atoms with Gasteiger partial charge in [0.05, 0.1) is 4.92 Å². The van der Waals surface area contributed by atoms with Crippen molar-refractivity contribution in [2.45, 2.75) is 33.6 Å². The van der Waals surface area contributed by atoms with E-state index in [0.29, 0.717) is 24.6 Å². The normalized spacial score (nSPS) is 10.7. The van der Waals surface area contributed by atoms with Crippen LogP contribution in [0.1, 0.15) is 44.0 Å². The van der Waals surface area contributed by atoms with E-state index in [-0.39, 0.29) is 17.3 Å². The second-order valence-electron chi connectivity index (χ2n) is 5.06. The Hall–Kier alpha value is -2.11. The quantitative estimate of drug-likeness (QED) is 0.475. The summed E-state index contributed by atoms with van der Waals surface area (Å²) in [5.74, 6) is 0.255. The molecule has 0 spiro atoms. The Morgan fingerprint density at radius 2 is 1.95 bits per heavy atom. The molecule has 116 valence electrons. The molecule has 1 aromatic carbocycles. The van der Waals surface area contributed by atoms with Crippen molar-refractivity contribution in [2.24, 2.45) is 5.92 Å². The third kappa shape index (κ3) is 4.18. The maximum Gasteiger partial charge on any atom is 0.292 e. The standard InChI is InChI=1S/C15H23N3O3/c1-4-11(5-2)10-17(6-3)15(19)12-7-8-13(16)14(9-12)18(20)21/h7-9,11H,4-6,10,16H2,1-3H3. The van der Waals surface area contributed by atoms with E-state index in [0.717, 1.165) is 12.8 Å². The predicted molar refractivity (Wildman–Crippen MR) is 83.2 cm³/mol. The molecule has 0 aromatic heterocycles. The highest BCUT2D eigenvalue weighted by molar-refractivity contribution is 5.95. The Kier molecular flexibility index (Phi) is 6.14. The number of nitro benzene ring substituents is 1. The summed E-state index contributed by atoms with van der Waals surface area (Å²) in [6, 6.07) is 4.21. The first-order valence-corrected chi connectivity index (χ1v) is 7.27. The molecular weight excluding hydrogens is 270 g/mol. The molecule has 6 heteroatoms. The molecule has 1 rings (SSSR count). The summed E-state index contributed by atoms with van der Waals surface area (Å²) in [6.45, 7) is 7.35. The number of carbonyl (C=O) groups is 1. The summed E-state index contributed by atoms with van der Waals surface area (Å²) in [7, 11) is 0. The molecule has 0 bridgehead atoms. The third-order valence-corrected chi connectivity index (χ3v) is 3.78. The molecule has 0 saturated heterocycles. The molecule has 1 amide bonds. The van der Waals surface area contributed by atoms with Gasteiger partial charge in [0, 0.05) is 24.7 Å². The zero-order valence-corrected chi connectivity index (χ0v) is 12.8. The minimum absolute atomic E-state index is 0.0691. The van der Waals surface area contributed by atoms with E-state index in [2.05, 4.69) is 13.8 Å². The molecule has 21 heavy (non-hydrogen) atoms. The smallest absolute Gasteiger partial charge is 0.292 e. The number of nitrogen functional groups attached to an aromatic ring is 1. The fraction of sp³-hybridized carbons (Fsp3) is 0.533. The maximum atomic E-state index is 12.5. The molecule has 0 atom stereocenters. The van der Waals surface area contributed by atoms with Crippen LogP contribution in [-0.2, 0) is 0 Å². The minimum atomic E-state index is -0.566. The molecule has 0 unspecified atom stereocenters. The zero-order valence-electron chi connectivity index (χ0n) is 12.8. The van der Waals surface area contributed by atoms with Crippen LogP contribution in [0.2, 0.25) is 0 Å². The van der Waals surface area contributed by atoms with Crippen LogP contribution in [-0.4, -0.2) is 28.8 Å². The molecular formula is C15H23N3O3. The van der Waals surface area contributed by atoms with Crippen LogP contribution in [0.3, 0.4) is 0 Å². The van der Waals surface area contributed by atoms with E-state index in [1.165, 1.54) is 12.1 Å². The van der Waals surface area contributed by atoms with Gasteiger partial charge in [0.25, 0.3) is 11.6 Å². The summed E-state index contributed by atoms with van der Waals surface area (Å²) in [6.07, 6.45) is 2.00. The number of amides is 1. The number of nitrogens with zero attached hydrogens (tertiary/aromatic N) is 2. The third-order valence-electron chi connectivity index (χ3n) is 3.78. The van der Waals surface area contributed by atoms with Gasteiger partial charge in [-0.1, -0.05) is 26.7 Å². The van der Waals surface area contributed by atoms with Crippen molar-refractivity contribution in [1.29, 1.82) is 0 Å². The maximum absolute atomic E-state index is 12.5. The number of carbonyl (C=O) groups excluding carboxylic acids is 1. The van der Waals surface area contributed by atoms with Crippen LogP contribution in [0.15, 0.2) is 18.2 Å². The highest BCUT2D eigenvalue weighted by atomic mass is 16.6. The number of rotatable bonds is 7. The van der Waals surface area contributed by atoms with Crippen LogP contribution in [0.25, 0.3) is 0 Å². The van der Waals surface area contributed by atoms with E-state index < -0.39 is 4.92 Å². The first-order chi connectivity index (χ1) is 9.94. The zero-order chi connectivity index (χ0) is 16.0. The van der Waals surface area contributed by atoms with Crippen molar-refractivity contribution >= 4 is 17.3 Å². The Labute approximate surface area is 125 Å². The van der Waals surface area contributed by atoms with Gasteiger partial charge in [-0.15, -0.1) is 0 Å². The average molecular weight is 293 g/mol. The molecule has 2 N–H and O–H groups in total. The Balaban J connectivity index is 3.00. The molecule has 0 aliphatic rings. The Morgan fingerprint density at radius 3 is 2.43 bits per heavy atom. The molecule has 0 saturated carbocycles.